The number of nitrogens with zero attached hydrogens (tertiary/aromatic N) is 3. The third kappa shape index (κ3) is 6.94. The zero-order chi connectivity index (χ0) is 19.9. The van der Waals surface area contributed by atoms with Crippen LogP contribution in [0.4, 0.5) is 4.39 Å². The molecule has 1 heterocycles. The molecule has 27 heavy (non-hydrogen) atoms. The van der Waals surface area contributed by atoms with Gasteiger partial charge in [-0.05, 0) is 44.3 Å². The molecule has 5 nitrogen and oxygen atoms in total. The second-order valence-corrected chi connectivity index (χ2v) is 8.27. The summed E-state index contributed by atoms with van der Waals surface area (Å²) in [4.78, 5) is 9.19. The molecule has 0 aromatic heterocycles. The molecule has 1 fully saturated rings. The number of benzene rings is 1. The Morgan fingerprint density at radius 3 is 2.70 bits per heavy atom. The molecule has 152 valence electrons. The highest BCUT2D eigenvalue weighted by Crippen LogP contribution is 2.29. The highest BCUT2D eigenvalue weighted by molar-refractivity contribution is 6.31. The Morgan fingerprint density at radius 1 is 1.22 bits per heavy atom. The van der Waals surface area contributed by atoms with E-state index >= 15 is 0 Å². The number of likely N-dealkylation sites (N-methyl/N-ethyl adjacent to an activating group) is 1. The summed E-state index contributed by atoms with van der Waals surface area (Å²) in [5.74, 6) is 0.456. The highest BCUT2D eigenvalue weighted by atomic mass is 35.5. The van der Waals surface area contributed by atoms with Gasteiger partial charge in [0.1, 0.15) is 5.82 Å². The van der Waals surface area contributed by atoms with Crippen molar-refractivity contribution in [3.63, 3.8) is 0 Å². The maximum absolute atomic E-state index is 13.3. The molecule has 0 atom stereocenters. The molecule has 1 aromatic carbocycles. The van der Waals surface area contributed by atoms with Crippen LogP contribution in [0.1, 0.15) is 25.8 Å². The molecule has 2 rings (SSSR count). The number of hydrogen-bond acceptors (Lipinski definition) is 3. The van der Waals surface area contributed by atoms with Gasteiger partial charge in [-0.25, -0.2) is 4.39 Å². The predicted octanol–water partition coefficient (Wildman–Crippen LogP) is 2.56. The van der Waals surface area contributed by atoms with Crippen molar-refractivity contribution in [2.24, 2.45) is 4.99 Å². The van der Waals surface area contributed by atoms with Crippen LogP contribution in [-0.2, 0) is 5.41 Å². The van der Waals surface area contributed by atoms with Crippen molar-refractivity contribution >= 4 is 17.6 Å². The normalized spacial score (nSPS) is 17.6. The van der Waals surface area contributed by atoms with Crippen LogP contribution in [0.15, 0.2) is 23.2 Å². The molecule has 0 bridgehead atoms. The van der Waals surface area contributed by atoms with Crippen molar-refractivity contribution in [3.8, 4) is 0 Å². The standard InChI is InChI=1S/C20H33ClFN5/c1-20(2,17-7-6-16(22)14-18(17)21)15-25-19(23-3)24-8-11-27-10-5-9-26(4)12-13-27/h6-7,14H,5,8-13,15H2,1-4H3,(H2,23,24,25). The van der Waals surface area contributed by atoms with E-state index in [0.29, 0.717) is 11.6 Å². The monoisotopic (exact) mass is 397 g/mol. The summed E-state index contributed by atoms with van der Waals surface area (Å²) in [7, 11) is 3.96. The van der Waals surface area contributed by atoms with Gasteiger partial charge in [0, 0.05) is 50.2 Å². The Bertz CT molecular complexity index is 635. The van der Waals surface area contributed by atoms with Crippen LogP contribution in [0.5, 0.6) is 0 Å². The number of halogens is 2. The minimum absolute atomic E-state index is 0.252. The molecular weight excluding hydrogens is 365 g/mol. The molecule has 0 saturated carbocycles. The summed E-state index contributed by atoms with van der Waals surface area (Å²) < 4.78 is 13.3. The van der Waals surface area contributed by atoms with Crippen molar-refractivity contribution in [1.29, 1.82) is 0 Å². The van der Waals surface area contributed by atoms with Crippen molar-refractivity contribution in [3.05, 3.63) is 34.6 Å². The lowest BCUT2D eigenvalue weighted by Gasteiger charge is -2.28. The smallest absolute Gasteiger partial charge is 0.191 e. The lowest BCUT2D eigenvalue weighted by molar-refractivity contribution is 0.280. The van der Waals surface area contributed by atoms with Crippen LogP contribution in [-0.4, -0.2) is 75.7 Å². The van der Waals surface area contributed by atoms with E-state index in [9.17, 15) is 4.39 Å². The molecule has 1 aliphatic rings. The number of aliphatic imine (C=N–C) groups is 1. The molecule has 2 N–H and O–H groups in total. The minimum Gasteiger partial charge on any atom is -0.356 e. The first-order valence-electron chi connectivity index (χ1n) is 9.63. The second-order valence-electron chi connectivity index (χ2n) is 7.86. The van der Waals surface area contributed by atoms with Gasteiger partial charge >= 0.3 is 0 Å². The van der Waals surface area contributed by atoms with E-state index in [1.807, 2.05) is 0 Å². The lowest BCUT2D eigenvalue weighted by Crippen LogP contribution is -2.46. The summed E-state index contributed by atoms with van der Waals surface area (Å²) in [5, 5.41) is 7.21. The van der Waals surface area contributed by atoms with E-state index in [4.69, 9.17) is 11.6 Å². The Hall–Kier alpha value is -1.37. The molecule has 1 aliphatic heterocycles. The summed E-state index contributed by atoms with van der Waals surface area (Å²) in [5.41, 5.74) is 0.667. The molecule has 0 radical (unpaired) electrons. The SMILES string of the molecule is CN=C(NCCN1CCCN(C)CC1)NCC(C)(C)c1ccc(F)cc1Cl. The molecule has 0 unspecified atom stereocenters. The zero-order valence-corrected chi connectivity index (χ0v) is 17.7. The maximum atomic E-state index is 13.3. The number of hydrogen-bond donors (Lipinski definition) is 2. The number of rotatable bonds is 6. The van der Waals surface area contributed by atoms with Crippen LogP contribution >= 0.6 is 11.6 Å². The van der Waals surface area contributed by atoms with E-state index in [1.165, 1.54) is 25.1 Å². The van der Waals surface area contributed by atoms with Crippen molar-refractivity contribution in [2.45, 2.75) is 25.7 Å². The van der Waals surface area contributed by atoms with Gasteiger partial charge in [0.15, 0.2) is 5.96 Å². The molecule has 0 amide bonds. The second kappa shape index (κ2) is 10.2. The number of nitrogens with one attached hydrogen (secondary N) is 2. The molecule has 7 heteroatoms. The Balaban J connectivity index is 1.80. The fraction of sp³-hybridized carbons (Fsp3) is 0.650. The van der Waals surface area contributed by atoms with Crippen molar-refractivity contribution in [2.75, 3.05) is 59.9 Å². The zero-order valence-electron chi connectivity index (χ0n) is 17.0. The summed E-state index contributed by atoms with van der Waals surface area (Å²) >= 11 is 6.23. The molecular formula is C20H33ClFN5. The van der Waals surface area contributed by atoms with Gasteiger partial charge in [-0.1, -0.05) is 31.5 Å². The quantitative estimate of drug-likeness (QED) is 0.572. The van der Waals surface area contributed by atoms with Gasteiger partial charge in [-0.15, -0.1) is 0 Å². The van der Waals surface area contributed by atoms with E-state index in [1.54, 1.807) is 13.1 Å². The first kappa shape index (κ1) is 21.9. The average Bonchev–Trinajstić information content (AvgIpc) is 2.82. The molecule has 0 spiro atoms. The summed E-state index contributed by atoms with van der Waals surface area (Å²) in [6.07, 6.45) is 1.22. The molecule has 1 saturated heterocycles. The average molecular weight is 398 g/mol. The fourth-order valence-corrected chi connectivity index (χ4v) is 3.74. The van der Waals surface area contributed by atoms with Crippen molar-refractivity contribution in [1.82, 2.24) is 20.4 Å². The Kier molecular flexibility index (Phi) is 8.32. The van der Waals surface area contributed by atoms with E-state index in [2.05, 4.69) is 46.3 Å². The summed E-state index contributed by atoms with van der Waals surface area (Å²) in [6, 6.07) is 4.57. The molecule has 0 aliphatic carbocycles. The number of guanidine groups is 1. The maximum Gasteiger partial charge on any atom is 0.191 e. The Labute approximate surface area is 168 Å². The van der Waals surface area contributed by atoms with Gasteiger partial charge in [0.25, 0.3) is 0 Å². The van der Waals surface area contributed by atoms with Crippen LogP contribution in [0.2, 0.25) is 5.02 Å². The topological polar surface area (TPSA) is 42.9 Å². The fourth-order valence-electron chi connectivity index (χ4n) is 3.31. The van der Waals surface area contributed by atoms with Gasteiger partial charge in [-0.3, -0.25) is 4.99 Å². The van der Waals surface area contributed by atoms with Crippen molar-refractivity contribution < 1.29 is 4.39 Å². The van der Waals surface area contributed by atoms with Crippen LogP contribution < -0.4 is 10.6 Å². The Morgan fingerprint density at radius 2 is 2.00 bits per heavy atom. The van der Waals surface area contributed by atoms with Gasteiger partial charge < -0.3 is 20.4 Å². The van der Waals surface area contributed by atoms with Gasteiger partial charge in [0.2, 0.25) is 0 Å². The molecule has 1 aromatic rings. The first-order valence-corrected chi connectivity index (χ1v) is 10.0. The van der Waals surface area contributed by atoms with E-state index in [0.717, 1.165) is 44.2 Å². The lowest BCUT2D eigenvalue weighted by atomic mass is 9.84. The van der Waals surface area contributed by atoms with E-state index < -0.39 is 0 Å². The third-order valence-corrected chi connectivity index (χ3v) is 5.43. The van der Waals surface area contributed by atoms with Gasteiger partial charge in [0.05, 0.1) is 0 Å². The predicted molar refractivity (Wildman–Crippen MR) is 112 cm³/mol. The van der Waals surface area contributed by atoms with Crippen LogP contribution in [0.25, 0.3) is 0 Å². The van der Waals surface area contributed by atoms with Crippen LogP contribution in [0, 0.1) is 5.82 Å². The first-order chi connectivity index (χ1) is 12.8. The third-order valence-electron chi connectivity index (χ3n) is 5.11. The summed E-state index contributed by atoms with van der Waals surface area (Å²) in [6.45, 7) is 11.2. The highest BCUT2D eigenvalue weighted by Gasteiger charge is 2.24. The van der Waals surface area contributed by atoms with Crippen LogP contribution in [0.3, 0.4) is 0 Å². The van der Waals surface area contributed by atoms with Gasteiger partial charge in [-0.2, -0.15) is 0 Å². The minimum atomic E-state index is -0.315. The largest absolute Gasteiger partial charge is 0.356 e. The van der Waals surface area contributed by atoms with E-state index in [-0.39, 0.29) is 11.2 Å².